The molecule has 41 heavy (non-hydrogen) atoms. The number of pyridine rings is 1. The number of nitrogens with zero attached hydrogens (tertiary/aromatic N) is 6. The van der Waals surface area contributed by atoms with Gasteiger partial charge >= 0.3 is 0 Å². The first-order valence-corrected chi connectivity index (χ1v) is 14.2. The number of hydrogen-bond donors (Lipinski definition) is 1. The lowest BCUT2D eigenvalue weighted by molar-refractivity contribution is 0.340. The predicted octanol–water partition coefficient (Wildman–Crippen LogP) is 7.53. The second-order valence-electron chi connectivity index (χ2n) is 9.72. The van der Waals surface area contributed by atoms with Gasteiger partial charge in [0, 0.05) is 21.9 Å². The monoisotopic (exact) mass is 603 g/mol. The molecule has 2 aliphatic heterocycles. The fourth-order valence-corrected chi connectivity index (χ4v) is 5.78. The normalized spacial score (nSPS) is 15.3. The van der Waals surface area contributed by atoms with Crippen molar-refractivity contribution in [1.29, 1.82) is 0 Å². The fraction of sp³-hybridized carbons (Fsp3) is 0.125. The lowest BCUT2D eigenvalue weighted by atomic mass is 9.93. The van der Waals surface area contributed by atoms with E-state index in [4.69, 9.17) is 19.8 Å². The van der Waals surface area contributed by atoms with Gasteiger partial charge in [0.15, 0.2) is 23.3 Å². The standard InChI is InChI=1S/C32H26BrN7O/c1-3-41-24-16-14-23(15-17-24)35-30-32-37-31-28(20(2)38-40(31)27-13-6-7-18-34-27)29(21-9-8-10-22(33)19-21)39(32)26-12-5-4-11-25(26)36-30/h4-19,29H,3H2,1-2H3,(H,35,36). The molecule has 202 valence electrons. The Morgan fingerprint density at radius 2 is 1.76 bits per heavy atom. The van der Waals surface area contributed by atoms with E-state index in [1.54, 1.807) is 6.20 Å². The molecule has 0 radical (unpaired) electrons. The van der Waals surface area contributed by atoms with E-state index in [2.05, 4.69) is 55.4 Å². The van der Waals surface area contributed by atoms with Crippen molar-refractivity contribution >= 4 is 50.5 Å². The van der Waals surface area contributed by atoms with Gasteiger partial charge in [-0.05, 0) is 80.1 Å². The highest BCUT2D eigenvalue weighted by atomic mass is 79.9. The van der Waals surface area contributed by atoms with Crippen LogP contribution in [0.25, 0.3) is 5.82 Å². The zero-order valence-electron chi connectivity index (χ0n) is 22.5. The van der Waals surface area contributed by atoms with Gasteiger partial charge in [0.1, 0.15) is 5.75 Å². The molecule has 0 bridgehead atoms. The zero-order chi connectivity index (χ0) is 27.9. The van der Waals surface area contributed by atoms with E-state index in [1.807, 2.05) is 85.3 Å². The van der Waals surface area contributed by atoms with Crippen LogP contribution in [0, 0.1) is 6.92 Å². The molecule has 0 fully saturated rings. The fourth-order valence-electron chi connectivity index (χ4n) is 5.37. The first-order valence-electron chi connectivity index (χ1n) is 13.4. The summed E-state index contributed by atoms with van der Waals surface area (Å²) in [5, 5.41) is 8.48. The number of rotatable bonds is 5. The number of hydrogen-bond acceptors (Lipinski definition) is 7. The number of halogens is 1. The molecule has 0 saturated heterocycles. The Hall–Kier alpha value is -4.76. The second kappa shape index (κ2) is 10.3. The third-order valence-corrected chi connectivity index (χ3v) is 7.59. The van der Waals surface area contributed by atoms with Crippen LogP contribution < -0.4 is 15.0 Å². The molecule has 5 aromatic rings. The van der Waals surface area contributed by atoms with Crippen LogP contribution in [0.1, 0.15) is 29.8 Å². The first-order chi connectivity index (χ1) is 20.1. The lowest BCUT2D eigenvalue weighted by Gasteiger charge is -2.40. The van der Waals surface area contributed by atoms with E-state index < -0.39 is 0 Å². The third-order valence-electron chi connectivity index (χ3n) is 7.10. The summed E-state index contributed by atoms with van der Waals surface area (Å²) in [6, 6.07) is 30.0. The van der Waals surface area contributed by atoms with E-state index >= 15 is 0 Å². The molecule has 2 aromatic heterocycles. The maximum atomic E-state index is 5.64. The van der Waals surface area contributed by atoms with E-state index in [-0.39, 0.29) is 6.04 Å². The van der Waals surface area contributed by atoms with Gasteiger partial charge in [-0.25, -0.2) is 15.0 Å². The van der Waals surface area contributed by atoms with Gasteiger partial charge in [-0.3, -0.25) is 0 Å². The Bertz CT molecular complexity index is 1810. The van der Waals surface area contributed by atoms with Crippen LogP contribution in [0.4, 0.5) is 22.9 Å². The SMILES string of the molecule is CCOc1ccc(NC2=Nc3ccccc3N3C2=Nc2c(c(C)nn2-c2ccccn2)C3c2cccc(Br)c2)cc1. The van der Waals surface area contributed by atoms with Gasteiger partial charge < -0.3 is 15.0 Å². The van der Waals surface area contributed by atoms with Crippen LogP contribution in [0.15, 0.2) is 112 Å². The van der Waals surface area contributed by atoms with Crippen molar-refractivity contribution in [1.82, 2.24) is 14.8 Å². The lowest BCUT2D eigenvalue weighted by Crippen LogP contribution is -2.46. The second-order valence-corrected chi connectivity index (χ2v) is 10.6. The summed E-state index contributed by atoms with van der Waals surface area (Å²) in [6.07, 6.45) is 1.77. The third kappa shape index (κ3) is 4.48. The van der Waals surface area contributed by atoms with Crippen LogP contribution in [0.3, 0.4) is 0 Å². The Labute approximate surface area is 246 Å². The number of amidine groups is 2. The van der Waals surface area contributed by atoms with Crippen LogP contribution >= 0.6 is 15.9 Å². The highest BCUT2D eigenvalue weighted by Crippen LogP contribution is 2.48. The highest BCUT2D eigenvalue weighted by molar-refractivity contribution is 9.10. The van der Waals surface area contributed by atoms with Crippen molar-refractivity contribution in [3.05, 3.63) is 118 Å². The van der Waals surface area contributed by atoms with Crippen molar-refractivity contribution in [2.24, 2.45) is 9.98 Å². The minimum atomic E-state index is -0.207. The Balaban J connectivity index is 1.45. The summed E-state index contributed by atoms with van der Waals surface area (Å²) < 4.78 is 8.47. The summed E-state index contributed by atoms with van der Waals surface area (Å²) >= 11 is 3.70. The summed E-state index contributed by atoms with van der Waals surface area (Å²) in [5.74, 6) is 3.60. The molecule has 9 heteroatoms. The molecule has 7 rings (SSSR count). The molecular weight excluding hydrogens is 578 g/mol. The highest BCUT2D eigenvalue weighted by Gasteiger charge is 2.41. The van der Waals surface area contributed by atoms with Crippen molar-refractivity contribution in [3.63, 3.8) is 0 Å². The zero-order valence-corrected chi connectivity index (χ0v) is 24.1. The van der Waals surface area contributed by atoms with Crippen LogP contribution in [-0.2, 0) is 0 Å². The van der Waals surface area contributed by atoms with Gasteiger partial charge in [0.05, 0.1) is 29.7 Å². The molecule has 2 aliphatic rings. The van der Waals surface area contributed by atoms with E-state index in [0.717, 1.165) is 49.9 Å². The van der Waals surface area contributed by atoms with E-state index in [0.29, 0.717) is 24.1 Å². The smallest absolute Gasteiger partial charge is 0.179 e. The molecule has 1 unspecified atom stereocenters. The molecule has 4 heterocycles. The molecule has 0 spiro atoms. The van der Waals surface area contributed by atoms with Crippen LogP contribution in [0.2, 0.25) is 0 Å². The van der Waals surface area contributed by atoms with Gasteiger partial charge in [0.2, 0.25) is 0 Å². The molecular formula is C32H26BrN7O. The molecule has 0 amide bonds. The number of para-hydroxylation sites is 2. The number of aromatic nitrogens is 3. The first kappa shape index (κ1) is 25.2. The van der Waals surface area contributed by atoms with Gasteiger partial charge in [-0.1, -0.05) is 46.3 Å². The molecule has 3 aromatic carbocycles. The Morgan fingerprint density at radius 3 is 2.54 bits per heavy atom. The number of anilines is 2. The summed E-state index contributed by atoms with van der Waals surface area (Å²) in [6.45, 7) is 4.63. The van der Waals surface area contributed by atoms with E-state index in [9.17, 15) is 0 Å². The number of aryl methyl sites for hydroxylation is 1. The number of aliphatic imine (C=N–C) groups is 2. The number of ether oxygens (including phenoxy) is 1. The molecule has 0 aliphatic carbocycles. The molecule has 1 N–H and O–H groups in total. The summed E-state index contributed by atoms with van der Waals surface area (Å²) in [4.78, 5) is 17.2. The predicted molar refractivity (Wildman–Crippen MR) is 166 cm³/mol. The van der Waals surface area contributed by atoms with Crippen LogP contribution in [-0.4, -0.2) is 33.0 Å². The molecule has 0 saturated carbocycles. The topological polar surface area (TPSA) is 79.9 Å². The minimum Gasteiger partial charge on any atom is -0.494 e. The Kier molecular flexibility index (Phi) is 6.36. The van der Waals surface area contributed by atoms with Crippen molar-refractivity contribution in [3.8, 4) is 11.6 Å². The number of nitrogens with one attached hydrogen (secondary N) is 1. The van der Waals surface area contributed by atoms with Crippen LogP contribution in [0.5, 0.6) is 5.75 Å². The van der Waals surface area contributed by atoms with Crippen molar-refractivity contribution in [2.75, 3.05) is 16.8 Å². The average molecular weight is 605 g/mol. The van der Waals surface area contributed by atoms with Crippen molar-refractivity contribution < 1.29 is 4.74 Å². The van der Waals surface area contributed by atoms with E-state index in [1.165, 1.54) is 0 Å². The quantitative estimate of drug-likeness (QED) is 0.224. The maximum absolute atomic E-state index is 5.64. The molecule has 1 atom stereocenters. The summed E-state index contributed by atoms with van der Waals surface area (Å²) in [5.41, 5.74) is 5.73. The van der Waals surface area contributed by atoms with Gasteiger partial charge in [-0.2, -0.15) is 9.78 Å². The summed E-state index contributed by atoms with van der Waals surface area (Å²) in [7, 11) is 0. The number of fused-ring (bicyclic) bond motifs is 4. The van der Waals surface area contributed by atoms with Gasteiger partial charge in [0.25, 0.3) is 0 Å². The Morgan fingerprint density at radius 1 is 0.927 bits per heavy atom. The average Bonchev–Trinajstić information content (AvgIpc) is 3.33. The van der Waals surface area contributed by atoms with Crippen molar-refractivity contribution in [2.45, 2.75) is 19.9 Å². The maximum Gasteiger partial charge on any atom is 0.179 e. The minimum absolute atomic E-state index is 0.207. The molecule has 8 nitrogen and oxygen atoms in total. The number of benzene rings is 3. The largest absolute Gasteiger partial charge is 0.494 e. The van der Waals surface area contributed by atoms with Gasteiger partial charge in [-0.15, -0.1) is 0 Å².